The average molecular weight is 276 g/mol. The van der Waals surface area contributed by atoms with Crippen LogP contribution in [0.3, 0.4) is 0 Å². The van der Waals surface area contributed by atoms with Gasteiger partial charge in [0.2, 0.25) is 5.91 Å². The fourth-order valence-electron chi connectivity index (χ4n) is 2.17. The van der Waals surface area contributed by atoms with Crippen LogP contribution in [-0.4, -0.2) is 29.2 Å². The van der Waals surface area contributed by atoms with E-state index in [4.69, 9.17) is 15.0 Å². The van der Waals surface area contributed by atoms with Crippen molar-refractivity contribution < 1.29 is 14.1 Å². The zero-order valence-corrected chi connectivity index (χ0v) is 12.7. The molecule has 5 nitrogen and oxygen atoms in total. The van der Waals surface area contributed by atoms with Crippen LogP contribution >= 0.6 is 0 Å². The van der Waals surface area contributed by atoms with Crippen LogP contribution in [0.1, 0.15) is 38.8 Å². The molecule has 20 heavy (non-hydrogen) atoms. The van der Waals surface area contributed by atoms with Gasteiger partial charge in [0.15, 0.2) is 0 Å². The molecular weight excluding hydrogens is 255 g/mol. The molecule has 1 amide bonds. The van der Waals surface area contributed by atoms with E-state index in [9.17, 15) is 4.79 Å². The van der Waals surface area contributed by atoms with E-state index in [0.29, 0.717) is 5.59 Å². The van der Waals surface area contributed by atoms with Gasteiger partial charge in [-0.3, -0.25) is 9.78 Å². The second-order valence-electron chi connectivity index (χ2n) is 6.22. The predicted molar refractivity (Wildman–Crippen MR) is 77.6 cm³/mol. The molecule has 1 aromatic heterocycles. The van der Waals surface area contributed by atoms with Crippen molar-refractivity contribution >= 4 is 18.6 Å². The maximum atomic E-state index is 11.3. The fourth-order valence-corrected chi connectivity index (χ4v) is 2.17. The Hall–Kier alpha value is -1.40. The van der Waals surface area contributed by atoms with Crippen molar-refractivity contribution in [3.8, 4) is 0 Å². The summed E-state index contributed by atoms with van der Waals surface area (Å²) >= 11 is 0. The predicted octanol–water partition coefficient (Wildman–Crippen LogP) is 0.717. The zero-order chi connectivity index (χ0) is 15.1. The monoisotopic (exact) mass is 276 g/mol. The van der Waals surface area contributed by atoms with Gasteiger partial charge in [-0.1, -0.05) is 0 Å². The topological polar surface area (TPSA) is 74.4 Å². The van der Waals surface area contributed by atoms with E-state index in [-0.39, 0.29) is 12.3 Å². The summed E-state index contributed by atoms with van der Waals surface area (Å²) in [7, 11) is -0.575. The molecule has 2 rings (SSSR count). The molecule has 1 aliphatic heterocycles. The lowest BCUT2D eigenvalue weighted by Gasteiger charge is -2.32. The van der Waals surface area contributed by atoms with Gasteiger partial charge in [0, 0.05) is 6.20 Å². The first-order valence-electron chi connectivity index (χ1n) is 6.72. The molecule has 1 aromatic rings. The molecule has 1 fully saturated rings. The number of nitrogens with two attached hydrogens (primary N) is 1. The number of nitrogens with zero attached hydrogens (tertiary/aromatic N) is 1. The Kier molecular flexibility index (Phi) is 3.65. The highest BCUT2D eigenvalue weighted by atomic mass is 16.7. The Balaban J connectivity index is 2.40. The van der Waals surface area contributed by atoms with Gasteiger partial charge >= 0.3 is 7.12 Å². The van der Waals surface area contributed by atoms with Crippen molar-refractivity contribution in [2.45, 2.75) is 52.2 Å². The molecule has 108 valence electrons. The maximum absolute atomic E-state index is 11.3. The van der Waals surface area contributed by atoms with Gasteiger partial charge in [-0.05, 0) is 51.8 Å². The van der Waals surface area contributed by atoms with Gasteiger partial charge in [0.05, 0.1) is 23.2 Å². The minimum absolute atomic E-state index is 0.138. The van der Waals surface area contributed by atoms with Crippen LogP contribution < -0.4 is 11.3 Å². The van der Waals surface area contributed by atoms with Crippen molar-refractivity contribution in [2.75, 3.05) is 0 Å². The summed E-state index contributed by atoms with van der Waals surface area (Å²) in [6.07, 6.45) is 1.83. The first-order chi connectivity index (χ1) is 9.14. The van der Waals surface area contributed by atoms with Gasteiger partial charge in [-0.25, -0.2) is 0 Å². The standard InChI is InChI=1S/C14H21BN2O3/c1-9-6-7-17-12(10(9)8-11(16)18)15-19-13(2,3)14(4,5)20-15/h6-7H,8H2,1-5H3,(H2,16,18). The third-order valence-electron chi connectivity index (χ3n) is 4.15. The van der Waals surface area contributed by atoms with E-state index in [0.717, 1.165) is 11.1 Å². The Morgan fingerprint density at radius 3 is 2.35 bits per heavy atom. The van der Waals surface area contributed by atoms with E-state index in [2.05, 4.69) is 4.98 Å². The molecular formula is C14H21BN2O3. The first kappa shape index (κ1) is 15.0. The number of rotatable bonds is 3. The molecule has 2 N–H and O–H groups in total. The van der Waals surface area contributed by atoms with Gasteiger partial charge in [-0.15, -0.1) is 0 Å². The van der Waals surface area contributed by atoms with Crippen LogP contribution in [0.4, 0.5) is 0 Å². The molecule has 1 saturated heterocycles. The Bertz CT molecular complexity index is 527. The smallest absolute Gasteiger partial charge is 0.398 e. The van der Waals surface area contributed by atoms with E-state index >= 15 is 0 Å². The highest BCUT2D eigenvalue weighted by Gasteiger charge is 2.53. The highest BCUT2D eigenvalue weighted by Crippen LogP contribution is 2.36. The summed E-state index contributed by atoms with van der Waals surface area (Å²) in [6.45, 7) is 9.86. The van der Waals surface area contributed by atoms with Crippen LogP contribution in [0, 0.1) is 6.92 Å². The second kappa shape index (κ2) is 4.86. The lowest BCUT2D eigenvalue weighted by molar-refractivity contribution is -0.117. The molecule has 6 heteroatoms. The van der Waals surface area contributed by atoms with E-state index in [1.165, 1.54) is 0 Å². The number of pyridine rings is 1. The van der Waals surface area contributed by atoms with E-state index in [1.54, 1.807) is 6.20 Å². The molecule has 0 unspecified atom stereocenters. The molecule has 0 radical (unpaired) electrons. The van der Waals surface area contributed by atoms with Crippen LogP contribution in [0.5, 0.6) is 0 Å². The van der Waals surface area contributed by atoms with Gasteiger partial charge < -0.3 is 15.0 Å². The molecule has 0 saturated carbocycles. The lowest BCUT2D eigenvalue weighted by atomic mass is 9.78. The number of aromatic nitrogens is 1. The number of carbonyl (C=O) groups excluding carboxylic acids is 1. The SMILES string of the molecule is Cc1ccnc(B2OC(C)(C)C(C)(C)O2)c1CC(N)=O. The van der Waals surface area contributed by atoms with Crippen molar-refractivity contribution in [3.63, 3.8) is 0 Å². The van der Waals surface area contributed by atoms with Crippen LogP contribution in [0.15, 0.2) is 12.3 Å². The van der Waals surface area contributed by atoms with Crippen LogP contribution in [0.2, 0.25) is 0 Å². The summed E-state index contributed by atoms with van der Waals surface area (Å²) < 4.78 is 12.0. The summed E-state index contributed by atoms with van der Waals surface area (Å²) in [5, 5.41) is 0. The minimum atomic E-state index is -0.575. The number of aryl methyl sites for hydroxylation is 1. The lowest BCUT2D eigenvalue weighted by Crippen LogP contribution is -2.41. The molecule has 0 atom stereocenters. The highest BCUT2D eigenvalue weighted by molar-refractivity contribution is 6.61. The molecule has 0 aromatic carbocycles. The number of carbonyl (C=O) groups is 1. The van der Waals surface area contributed by atoms with Crippen molar-refractivity contribution in [2.24, 2.45) is 5.73 Å². The van der Waals surface area contributed by atoms with Gasteiger partial charge in [0.25, 0.3) is 0 Å². The summed E-state index contributed by atoms with van der Waals surface area (Å²) in [4.78, 5) is 15.6. The van der Waals surface area contributed by atoms with Crippen molar-refractivity contribution in [1.82, 2.24) is 4.98 Å². The normalized spacial score (nSPS) is 20.1. The quantitative estimate of drug-likeness (QED) is 0.825. The average Bonchev–Trinajstić information content (AvgIpc) is 2.50. The Labute approximate surface area is 120 Å². The Morgan fingerprint density at radius 1 is 1.30 bits per heavy atom. The van der Waals surface area contributed by atoms with E-state index < -0.39 is 18.3 Å². The number of amides is 1. The number of hydrogen-bond acceptors (Lipinski definition) is 4. The zero-order valence-electron chi connectivity index (χ0n) is 12.7. The van der Waals surface area contributed by atoms with Crippen molar-refractivity contribution in [1.29, 1.82) is 0 Å². The Morgan fingerprint density at radius 2 is 1.85 bits per heavy atom. The van der Waals surface area contributed by atoms with E-state index in [1.807, 2.05) is 40.7 Å². The fraction of sp³-hybridized carbons (Fsp3) is 0.571. The number of hydrogen-bond donors (Lipinski definition) is 1. The van der Waals surface area contributed by atoms with Crippen molar-refractivity contribution in [3.05, 3.63) is 23.4 Å². The maximum Gasteiger partial charge on any atom is 0.514 e. The van der Waals surface area contributed by atoms with Crippen LogP contribution in [0.25, 0.3) is 0 Å². The molecule has 2 heterocycles. The largest absolute Gasteiger partial charge is 0.514 e. The van der Waals surface area contributed by atoms with Crippen LogP contribution in [-0.2, 0) is 20.5 Å². The summed E-state index contributed by atoms with van der Waals surface area (Å²) in [6, 6.07) is 1.85. The summed E-state index contributed by atoms with van der Waals surface area (Å²) in [5.74, 6) is -0.390. The molecule has 0 aliphatic carbocycles. The second-order valence-corrected chi connectivity index (χ2v) is 6.22. The minimum Gasteiger partial charge on any atom is -0.398 e. The molecule has 1 aliphatic rings. The number of primary amides is 1. The molecule has 0 bridgehead atoms. The third kappa shape index (κ3) is 2.58. The van der Waals surface area contributed by atoms with Gasteiger partial charge in [-0.2, -0.15) is 0 Å². The summed E-state index contributed by atoms with van der Waals surface area (Å²) in [5.41, 5.74) is 6.84. The first-order valence-corrected chi connectivity index (χ1v) is 6.72. The third-order valence-corrected chi connectivity index (χ3v) is 4.15. The van der Waals surface area contributed by atoms with Gasteiger partial charge in [0.1, 0.15) is 0 Å². The molecule has 0 spiro atoms.